The molecule has 4 rings (SSSR count). The molecule has 2 aromatic rings. The van der Waals surface area contributed by atoms with Crippen molar-refractivity contribution >= 4 is 40.1 Å². The number of aromatic nitrogens is 3. The zero-order valence-electron chi connectivity index (χ0n) is 13.2. The number of aliphatic hydroxyl groups is 1. The van der Waals surface area contributed by atoms with E-state index >= 15 is 0 Å². The fraction of sp³-hybridized carbons (Fsp3) is 0.533. The summed E-state index contributed by atoms with van der Waals surface area (Å²) in [7, 11) is 0. The first-order valence-corrected chi connectivity index (χ1v) is 9.25. The Hall–Kier alpha value is -1.38. The molecule has 1 N–H and O–H groups in total. The number of thioether (sulfide) groups is 1. The van der Waals surface area contributed by atoms with Crippen LogP contribution in [0.2, 0.25) is 5.15 Å². The van der Waals surface area contributed by atoms with Crippen molar-refractivity contribution in [3.63, 3.8) is 0 Å². The molecule has 4 heterocycles. The van der Waals surface area contributed by atoms with Crippen LogP contribution in [0.25, 0.3) is 10.9 Å². The molecule has 9 heteroatoms. The second-order valence-corrected chi connectivity index (χ2v) is 7.39. The molecule has 0 bridgehead atoms. The average molecular weight is 371 g/mol. The van der Waals surface area contributed by atoms with Gasteiger partial charge in [0.2, 0.25) is 5.88 Å². The fourth-order valence-corrected chi connectivity index (χ4v) is 3.95. The second-order valence-electron chi connectivity index (χ2n) is 6.26. The normalized spacial score (nSPS) is 26.0. The lowest BCUT2D eigenvalue weighted by Gasteiger charge is -2.44. The maximum atomic E-state index is 14.5. The van der Waals surface area contributed by atoms with Crippen LogP contribution in [0.1, 0.15) is 19.8 Å². The number of fused-ring (bicyclic) bond motifs is 2. The highest BCUT2D eigenvalue weighted by atomic mass is 35.5. The van der Waals surface area contributed by atoms with Crippen molar-refractivity contribution < 1.29 is 14.2 Å². The van der Waals surface area contributed by atoms with Crippen molar-refractivity contribution in [2.45, 2.75) is 36.6 Å². The summed E-state index contributed by atoms with van der Waals surface area (Å²) in [6.07, 6.45) is 3.30. The minimum absolute atomic E-state index is 0.102. The Morgan fingerprint density at radius 1 is 1.42 bits per heavy atom. The van der Waals surface area contributed by atoms with Crippen molar-refractivity contribution in [3.8, 4) is 5.88 Å². The molecule has 24 heavy (non-hydrogen) atoms. The number of piperidine rings is 1. The summed E-state index contributed by atoms with van der Waals surface area (Å²) in [5.74, 6) is 0.0781. The lowest BCUT2D eigenvalue weighted by molar-refractivity contribution is -0.00711. The summed E-state index contributed by atoms with van der Waals surface area (Å²) < 4.78 is 20.3. The number of rotatable bonds is 1. The van der Waals surface area contributed by atoms with Gasteiger partial charge in [-0.1, -0.05) is 23.4 Å². The number of hydrogen-bond acceptors (Lipinski definition) is 7. The minimum atomic E-state index is -0.931. The molecular weight excluding hydrogens is 355 g/mol. The van der Waals surface area contributed by atoms with Crippen LogP contribution in [-0.4, -0.2) is 51.1 Å². The highest BCUT2D eigenvalue weighted by molar-refractivity contribution is 7.98. The Balaban J connectivity index is 2.03. The number of halogens is 2. The molecule has 128 valence electrons. The fourth-order valence-electron chi connectivity index (χ4n) is 3.43. The van der Waals surface area contributed by atoms with Crippen LogP contribution in [-0.2, 0) is 0 Å². The topological polar surface area (TPSA) is 71.4 Å². The highest BCUT2D eigenvalue weighted by Gasteiger charge is 2.43. The van der Waals surface area contributed by atoms with E-state index in [1.807, 2.05) is 11.2 Å². The molecule has 0 amide bonds. The quantitative estimate of drug-likeness (QED) is 0.470. The second kappa shape index (κ2) is 5.57. The van der Waals surface area contributed by atoms with Crippen LogP contribution in [0.4, 0.5) is 10.2 Å². The minimum Gasteiger partial charge on any atom is -0.475 e. The Morgan fingerprint density at radius 2 is 2.21 bits per heavy atom. The third kappa shape index (κ3) is 2.31. The van der Waals surface area contributed by atoms with Crippen molar-refractivity contribution in [2.75, 3.05) is 24.3 Å². The van der Waals surface area contributed by atoms with E-state index in [2.05, 4.69) is 15.0 Å². The van der Waals surface area contributed by atoms with E-state index in [9.17, 15) is 9.50 Å². The largest absolute Gasteiger partial charge is 0.475 e. The molecular formula is C15H16ClFN4O2S. The predicted octanol–water partition coefficient (Wildman–Crippen LogP) is 2.65. The Morgan fingerprint density at radius 3 is 2.96 bits per heavy atom. The van der Waals surface area contributed by atoms with Gasteiger partial charge in [0.15, 0.2) is 16.1 Å². The van der Waals surface area contributed by atoms with Crippen LogP contribution in [0.5, 0.6) is 5.88 Å². The predicted molar refractivity (Wildman–Crippen MR) is 90.6 cm³/mol. The molecule has 0 radical (unpaired) electrons. The SMILES string of the molecule is CSc1nc2c3c(nc(Cl)c(F)c3n1)OC[C@H]1N2CCC[C@@]1(C)O. The first-order chi connectivity index (χ1) is 11.4. The van der Waals surface area contributed by atoms with E-state index < -0.39 is 11.4 Å². The number of hydrogen-bond donors (Lipinski definition) is 1. The molecule has 1 saturated heterocycles. The molecule has 2 aliphatic rings. The van der Waals surface area contributed by atoms with Crippen LogP contribution in [0.3, 0.4) is 0 Å². The average Bonchev–Trinajstić information content (AvgIpc) is 2.71. The standard InChI is InChI=1S/C15H16ClFN4O2S/c1-15(22)4-3-5-21-7(15)6-23-13-8-10(9(17)11(16)19-13)18-14(24-2)20-12(8)21/h7,22H,3-6H2,1-2H3/t7-,15-/m1/s1. The number of ether oxygens (including phenoxy) is 1. The zero-order valence-corrected chi connectivity index (χ0v) is 14.8. The Kier molecular flexibility index (Phi) is 3.74. The summed E-state index contributed by atoms with van der Waals surface area (Å²) in [6, 6.07) is -0.296. The summed E-state index contributed by atoms with van der Waals surface area (Å²) in [6.45, 7) is 2.72. The van der Waals surface area contributed by atoms with Crippen LogP contribution in [0, 0.1) is 5.82 Å². The summed E-state index contributed by atoms with van der Waals surface area (Å²) in [4.78, 5) is 14.8. The molecule has 6 nitrogen and oxygen atoms in total. The Bertz CT molecular complexity index is 835. The Labute approximate surface area is 147 Å². The van der Waals surface area contributed by atoms with Gasteiger partial charge in [-0.2, -0.15) is 4.98 Å². The number of nitrogens with zero attached hydrogens (tertiary/aromatic N) is 4. The number of pyridine rings is 1. The zero-order chi connectivity index (χ0) is 17.1. The van der Waals surface area contributed by atoms with Gasteiger partial charge >= 0.3 is 0 Å². The van der Waals surface area contributed by atoms with Gasteiger partial charge in [0.05, 0.1) is 11.6 Å². The maximum Gasteiger partial charge on any atom is 0.228 e. The first kappa shape index (κ1) is 16.1. The van der Waals surface area contributed by atoms with E-state index in [-0.39, 0.29) is 29.2 Å². The van der Waals surface area contributed by atoms with Crippen molar-refractivity contribution in [1.82, 2.24) is 15.0 Å². The van der Waals surface area contributed by atoms with Gasteiger partial charge in [0.1, 0.15) is 23.3 Å². The van der Waals surface area contributed by atoms with Gasteiger partial charge in [-0.3, -0.25) is 0 Å². The monoisotopic (exact) mass is 370 g/mol. The van der Waals surface area contributed by atoms with Crippen molar-refractivity contribution in [1.29, 1.82) is 0 Å². The molecule has 1 fully saturated rings. The molecule has 0 unspecified atom stereocenters. The van der Waals surface area contributed by atoms with Crippen LogP contribution in [0.15, 0.2) is 5.16 Å². The summed E-state index contributed by atoms with van der Waals surface area (Å²) in [5.41, 5.74) is -0.829. The molecule has 2 aliphatic heterocycles. The smallest absolute Gasteiger partial charge is 0.228 e. The third-order valence-electron chi connectivity index (χ3n) is 4.68. The van der Waals surface area contributed by atoms with E-state index in [4.69, 9.17) is 16.3 Å². The van der Waals surface area contributed by atoms with Gasteiger partial charge in [-0.15, -0.1) is 0 Å². The van der Waals surface area contributed by atoms with Crippen LogP contribution >= 0.6 is 23.4 Å². The lowest BCUT2D eigenvalue weighted by atomic mass is 9.86. The van der Waals surface area contributed by atoms with Crippen LogP contribution < -0.4 is 9.64 Å². The molecule has 0 saturated carbocycles. The van der Waals surface area contributed by atoms with Gasteiger partial charge in [0.25, 0.3) is 0 Å². The molecule has 0 aliphatic carbocycles. The maximum absolute atomic E-state index is 14.5. The highest BCUT2D eigenvalue weighted by Crippen LogP contribution is 2.42. The van der Waals surface area contributed by atoms with Gasteiger partial charge in [0, 0.05) is 6.54 Å². The van der Waals surface area contributed by atoms with E-state index in [1.165, 1.54) is 11.8 Å². The van der Waals surface area contributed by atoms with Gasteiger partial charge in [-0.05, 0) is 26.0 Å². The molecule has 0 aromatic carbocycles. The first-order valence-electron chi connectivity index (χ1n) is 7.65. The van der Waals surface area contributed by atoms with Crippen molar-refractivity contribution in [3.05, 3.63) is 11.0 Å². The van der Waals surface area contributed by atoms with E-state index in [1.54, 1.807) is 6.92 Å². The summed E-state index contributed by atoms with van der Waals surface area (Å²) in [5, 5.41) is 11.3. The van der Waals surface area contributed by atoms with E-state index in [0.29, 0.717) is 29.3 Å². The molecule has 2 atom stereocenters. The lowest BCUT2D eigenvalue weighted by Crippen LogP contribution is -2.58. The third-order valence-corrected chi connectivity index (χ3v) is 5.48. The van der Waals surface area contributed by atoms with Gasteiger partial charge < -0.3 is 14.7 Å². The summed E-state index contributed by atoms with van der Waals surface area (Å²) >= 11 is 7.23. The van der Waals surface area contributed by atoms with Crippen molar-refractivity contribution in [2.24, 2.45) is 0 Å². The van der Waals surface area contributed by atoms with E-state index in [0.717, 1.165) is 6.42 Å². The van der Waals surface area contributed by atoms with Gasteiger partial charge in [-0.25, -0.2) is 14.4 Å². The molecule has 2 aromatic heterocycles. The molecule has 0 spiro atoms. The number of anilines is 1.